The second-order valence-corrected chi connectivity index (χ2v) is 20.7. The third-order valence-electron chi connectivity index (χ3n) is 13.9. The van der Waals surface area contributed by atoms with Crippen LogP contribution in [0.1, 0.15) is 187 Å². The van der Waals surface area contributed by atoms with Crippen molar-refractivity contribution in [3.8, 4) is 0 Å². The van der Waals surface area contributed by atoms with Crippen LogP contribution in [0.5, 0.6) is 0 Å². The molecule has 2 saturated heterocycles. The van der Waals surface area contributed by atoms with E-state index in [1.54, 1.807) is 6.08 Å². The lowest BCUT2D eigenvalue weighted by molar-refractivity contribution is -0.359. The van der Waals surface area contributed by atoms with E-state index in [-0.39, 0.29) is 18.9 Å². The molecule has 0 aromatic heterocycles. The first-order chi connectivity index (χ1) is 38.6. The molecular weight excluding hydrogens is 1000 g/mol. The fraction of sp³-hybridized carbons (Fsp3) is 0.677. The number of aliphatic hydroxyl groups excluding tert-OH is 8. The minimum atomic E-state index is -1.80. The second kappa shape index (κ2) is 49.0. The van der Waals surface area contributed by atoms with Crippen molar-refractivity contribution >= 4 is 5.91 Å². The number of unbranched alkanes of at least 4 members (excludes halogenated alkanes) is 15. The van der Waals surface area contributed by atoms with E-state index in [1.807, 2.05) is 6.08 Å². The molecule has 14 nitrogen and oxygen atoms in total. The molecule has 0 spiro atoms. The molecule has 0 aromatic rings. The Bertz CT molecular complexity index is 1790. The van der Waals surface area contributed by atoms with Gasteiger partial charge in [-0.2, -0.15) is 0 Å². The summed E-state index contributed by atoms with van der Waals surface area (Å²) in [5.41, 5.74) is 0. The van der Waals surface area contributed by atoms with E-state index in [2.05, 4.69) is 129 Å². The fourth-order valence-corrected chi connectivity index (χ4v) is 9.01. The molecule has 2 aliphatic rings. The predicted molar refractivity (Wildman–Crippen MR) is 318 cm³/mol. The van der Waals surface area contributed by atoms with Gasteiger partial charge >= 0.3 is 0 Å². The molecule has 2 aliphatic heterocycles. The van der Waals surface area contributed by atoms with Crippen LogP contribution in [0.2, 0.25) is 0 Å². The molecule has 0 aromatic carbocycles. The van der Waals surface area contributed by atoms with E-state index >= 15 is 0 Å². The Kier molecular flexibility index (Phi) is 44.4. The topological polar surface area (TPSA) is 228 Å². The lowest BCUT2D eigenvalue weighted by Gasteiger charge is -2.46. The highest BCUT2D eigenvalue weighted by Gasteiger charge is 2.51. The summed E-state index contributed by atoms with van der Waals surface area (Å²) in [5.74, 6) is -0.291. The van der Waals surface area contributed by atoms with E-state index in [1.165, 1.54) is 64.2 Å². The number of carbonyl (C=O) groups is 1. The van der Waals surface area contributed by atoms with Gasteiger partial charge in [0, 0.05) is 6.42 Å². The van der Waals surface area contributed by atoms with Gasteiger partial charge in [0.2, 0.25) is 5.91 Å². The lowest BCUT2D eigenvalue weighted by Crippen LogP contribution is -2.65. The first-order valence-electron chi connectivity index (χ1n) is 30.3. The van der Waals surface area contributed by atoms with Crippen molar-refractivity contribution in [3.05, 3.63) is 122 Å². The number of carbonyl (C=O) groups excluding carboxylic acids is 1. The van der Waals surface area contributed by atoms with Crippen molar-refractivity contribution in [2.75, 3.05) is 19.8 Å². The molecule has 0 saturated carbocycles. The molecule has 12 atom stereocenters. The van der Waals surface area contributed by atoms with E-state index in [9.17, 15) is 45.6 Å². The van der Waals surface area contributed by atoms with Gasteiger partial charge in [0.25, 0.3) is 0 Å². The molecule has 12 unspecified atom stereocenters. The Hall–Kier alpha value is -3.61. The van der Waals surface area contributed by atoms with Crippen LogP contribution in [-0.4, -0.2) is 140 Å². The monoisotopic (exact) mass is 1110 g/mol. The SMILES string of the molecule is CC/C=C\C/C=C\C/C=C\C/C=C\C/C=C\C/C=C\C/C=C\CCCCCC(=O)NC(COC1OC(CO)C(OC2OC(CO)C(O)C(O)C2O)C(O)C1O)C(O)/C=C/CC/C=C/CC/C=C/CCCCCCCCCCCC. The second-order valence-electron chi connectivity index (χ2n) is 20.7. The van der Waals surface area contributed by atoms with Crippen molar-refractivity contribution in [1.82, 2.24) is 5.32 Å². The van der Waals surface area contributed by atoms with Crippen LogP contribution in [0, 0.1) is 0 Å². The quantitative estimate of drug-likeness (QED) is 0.0204. The third kappa shape index (κ3) is 34.4. The zero-order chi connectivity index (χ0) is 57.4. The Morgan fingerprint density at radius 3 is 1.39 bits per heavy atom. The molecular formula is C65H107NO13. The van der Waals surface area contributed by atoms with Gasteiger partial charge < -0.3 is 65.1 Å². The summed E-state index contributed by atoms with van der Waals surface area (Å²) in [7, 11) is 0. The summed E-state index contributed by atoms with van der Waals surface area (Å²) in [4.78, 5) is 13.3. The van der Waals surface area contributed by atoms with Gasteiger partial charge in [-0.3, -0.25) is 4.79 Å². The Labute approximate surface area is 476 Å². The fourth-order valence-electron chi connectivity index (χ4n) is 9.01. The highest BCUT2D eigenvalue weighted by Crippen LogP contribution is 2.30. The smallest absolute Gasteiger partial charge is 0.220 e. The van der Waals surface area contributed by atoms with Gasteiger partial charge in [-0.05, 0) is 103 Å². The Balaban J connectivity index is 1.82. The number of ether oxygens (including phenoxy) is 4. The maximum absolute atomic E-state index is 13.3. The Morgan fingerprint density at radius 2 is 0.886 bits per heavy atom. The minimum absolute atomic E-state index is 0.222. The van der Waals surface area contributed by atoms with Crippen molar-refractivity contribution in [1.29, 1.82) is 0 Å². The summed E-state index contributed by atoms with van der Waals surface area (Å²) in [6.45, 7) is 2.62. The normalized spacial score (nSPS) is 25.3. The number of aliphatic hydroxyl groups is 8. The van der Waals surface area contributed by atoms with Gasteiger partial charge in [-0.1, -0.05) is 200 Å². The number of amides is 1. The molecule has 14 heteroatoms. The Morgan fingerprint density at radius 1 is 0.468 bits per heavy atom. The summed E-state index contributed by atoms with van der Waals surface area (Å²) >= 11 is 0. The van der Waals surface area contributed by atoms with Crippen LogP contribution in [-0.2, 0) is 23.7 Å². The van der Waals surface area contributed by atoms with Crippen molar-refractivity contribution in [2.45, 2.75) is 261 Å². The summed E-state index contributed by atoms with van der Waals surface area (Å²) < 4.78 is 22.7. The van der Waals surface area contributed by atoms with Crippen molar-refractivity contribution in [2.24, 2.45) is 0 Å². The maximum Gasteiger partial charge on any atom is 0.220 e. The zero-order valence-electron chi connectivity index (χ0n) is 48.3. The van der Waals surface area contributed by atoms with Gasteiger partial charge in [0.1, 0.15) is 48.8 Å². The van der Waals surface area contributed by atoms with Crippen LogP contribution < -0.4 is 5.32 Å². The number of allylic oxidation sites excluding steroid dienone is 19. The number of nitrogens with one attached hydrogen (secondary N) is 1. The van der Waals surface area contributed by atoms with E-state index in [4.69, 9.17) is 18.9 Å². The first-order valence-corrected chi connectivity index (χ1v) is 30.3. The largest absolute Gasteiger partial charge is 0.394 e. The van der Waals surface area contributed by atoms with Crippen LogP contribution in [0.4, 0.5) is 0 Å². The van der Waals surface area contributed by atoms with E-state index in [0.29, 0.717) is 12.8 Å². The number of hydrogen-bond donors (Lipinski definition) is 9. The maximum atomic E-state index is 13.3. The molecule has 0 radical (unpaired) electrons. The molecule has 0 bridgehead atoms. The molecule has 2 fully saturated rings. The summed E-state index contributed by atoms with van der Waals surface area (Å²) in [6.07, 6.45) is 53.7. The van der Waals surface area contributed by atoms with Crippen LogP contribution in [0.15, 0.2) is 122 Å². The highest BCUT2D eigenvalue weighted by molar-refractivity contribution is 5.76. The summed E-state index contributed by atoms with van der Waals surface area (Å²) in [6, 6.07) is -0.966. The molecule has 450 valence electrons. The molecule has 1 amide bonds. The number of hydrogen-bond acceptors (Lipinski definition) is 13. The standard InChI is InChI=1S/C65H107NO13/c1-3-5-7-9-11-13-15-17-19-21-23-25-26-27-28-29-31-33-35-37-39-41-43-45-47-49-57(70)66-53(54(69)48-46-44-42-40-38-36-34-32-30-24-22-20-18-16-14-12-10-8-6-4-2)52-76-64-62(75)60(73)63(56(51-68)78-64)79-65-61(74)59(72)58(71)55(50-67)77-65/h5,7,11,13,17,19,23,25,27-28,30-33,37-40,46,48,53-56,58-65,67-69,71-75H,3-4,6,8-10,12,14-16,18,20-22,24,26,29,34-36,41-45,47,49-52H2,1-2H3,(H,66,70)/b7-5-,13-11-,19-17-,25-23-,28-27-,32-30+,33-31-,39-37-,40-38+,48-46+. The average molecular weight is 1110 g/mol. The third-order valence-corrected chi connectivity index (χ3v) is 13.9. The molecule has 2 rings (SSSR count). The van der Waals surface area contributed by atoms with Gasteiger partial charge in [0.05, 0.1) is 32.0 Å². The molecule has 79 heavy (non-hydrogen) atoms. The predicted octanol–water partition coefficient (Wildman–Crippen LogP) is 10.6. The van der Waals surface area contributed by atoms with Crippen LogP contribution >= 0.6 is 0 Å². The molecule has 0 aliphatic carbocycles. The minimum Gasteiger partial charge on any atom is -0.394 e. The van der Waals surface area contributed by atoms with E-state index in [0.717, 1.165) is 89.9 Å². The van der Waals surface area contributed by atoms with Crippen LogP contribution in [0.25, 0.3) is 0 Å². The molecule has 2 heterocycles. The summed E-state index contributed by atoms with van der Waals surface area (Å²) in [5, 5.41) is 87.1. The van der Waals surface area contributed by atoms with Crippen LogP contribution in [0.3, 0.4) is 0 Å². The zero-order valence-corrected chi connectivity index (χ0v) is 48.3. The van der Waals surface area contributed by atoms with Crippen molar-refractivity contribution in [3.63, 3.8) is 0 Å². The first kappa shape index (κ1) is 71.5. The lowest BCUT2D eigenvalue weighted by atomic mass is 9.97. The van der Waals surface area contributed by atoms with Crippen molar-refractivity contribution < 1.29 is 64.6 Å². The highest BCUT2D eigenvalue weighted by atomic mass is 16.7. The van der Waals surface area contributed by atoms with Gasteiger partial charge in [-0.25, -0.2) is 0 Å². The van der Waals surface area contributed by atoms with E-state index < -0.39 is 86.8 Å². The molecule has 9 N–H and O–H groups in total. The van der Waals surface area contributed by atoms with Gasteiger partial charge in [0.15, 0.2) is 12.6 Å². The average Bonchev–Trinajstić information content (AvgIpc) is 3.47. The number of rotatable bonds is 46. The van der Waals surface area contributed by atoms with Gasteiger partial charge in [-0.15, -0.1) is 0 Å².